The molecule has 10 heteroatoms. The maximum absolute atomic E-state index is 12.6. The van der Waals surface area contributed by atoms with Gasteiger partial charge in [-0.2, -0.15) is 0 Å². The van der Waals surface area contributed by atoms with Gasteiger partial charge in [-0.1, -0.05) is 65.0 Å². The molecule has 30 heavy (non-hydrogen) atoms. The fourth-order valence-electron chi connectivity index (χ4n) is 2.85. The second-order valence-electron chi connectivity index (χ2n) is 6.12. The first-order valence-corrected chi connectivity index (χ1v) is 11.3. The van der Waals surface area contributed by atoms with Crippen LogP contribution < -0.4 is 10.3 Å². The molecular weight excluding hydrogens is 462 g/mol. The van der Waals surface area contributed by atoms with Crippen LogP contribution in [0.15, 0.2) is 58.5 Å². The predicted octanol–water partition coefficient (Wildman–Crippen LogP) is 5.14. The van der Waals surface area contributed by atoms with Crippen molar-refractivity contribution in [2.24, 2.45) is 0 Å². The quantitative estimate of drug-likeness (QED) is 0.180. The van der Waals surface area contributed by atoms with E-state index in [1.165, 1.54) is 0 Å². The van der Waals surface area contributed by atoms with Gasteiger partial charge in [-0.25, -0.2) is 4.98 Å². The zero-order valence-electron chi connectivity index (χ0n) is 15.5. The van der Waals surface area contributed by atoms with Gasteiger partial charge in [-0.05, 0) is 30.4 Å². The largest absolute Gasteiger partial charge is 0.495 e. The lowest BCUT2D eigenvalue weighted by Gasteiger charge is -2.11. The van der Waals surface area contributed by atoms with Gasteiger partial charge in [0.1, 0.15) is 10.4 Å². The van der Waals surface area contributed by atoms with E-state index in [1.807, 2.05) is 18.2 Å². The van der Waals surface area contributed by atoms with Gasteiger partial charge in [0.2, 0.25) is 0 Å². The van der Waals surface area contributed by atoms with Crippen molar-refractivity contribution >= 4 is 63.0 Å². The minimum absolute atomic E-state index is 0.0537. The SMILES string of the molecule is COc1ccc(Cl)cc1-n1c(=S)sc2c(=O)[nH]c(SCC(=O)c3ccccc3)nc21. The second-order valence-corrected chi connectivity index (χ2v) is 9.17. The van der Waals surface area contributed by atoms with E-state index in [0.29, 0.717) is 41.5 Å². The fourth-order valence-corrected chi connectivity index (χ4v) is 5.03. The summed E-state index contributed by atoms with van der Waals surface area (Å²) < 4.78 is 7.92. The number of H-pyrrole nitrogens is 1. The number of benzene rings is 2. The first-order valence-electron chi connectivity index (χ1n) is 8.69. The zero-order valence-corrected chi connectivity index (χ0v) is 18.8. The Morgan fingerprint density at radius 2 is 2.07 bits per heavy atom. The number of Topliss-reactive ketones (excluding diaryl/α,β-unsaturated/α-hetero) is 1. The summed E-state index contributed by atoms with van der Waals surface area (Å²) in [4.78, 5) is 32.3. The Morgan fingerprint density at radius 3 is 2.80 bits per heavy atom. The van der Waals surface area contributed by atoms with E-state index in [-0.39, 0.29) is 17.1 Å². The Morgan fingerprint density at radius 1 is 1.30 bits per heavy atom. The molecule has 0 aliphatic rings. The highest BCUT2D eigenvalue weighted by Gasteiger charge is 2.17. The number of ether oxygens (including phenoxy) is 1. The van der Waals surface area contributed by atoms with Crippen molar-refractivity contribution < 1.29 is 9.53 Å². The van der Waals surface area contributed by atoms with E-state index < -0.39 is 0 Å². The van der Waals surface area contributed by atoms with Crippen molar-refractivity contribution in [2.45, 2.75) is 5.16 Å². The molecule has 0 bridgehead atoms. The van der Waals surface area contributed by atoms with Crippen LogP contribution in [0.25, 0.3) is 16.0 Å². The van der Waals surface area contributed by atoms with Gasteiger partial charge >= 0.3 is 0 Å². The summed E-state index contributed by atoms with van der Waals surface area (Å²) in [5, 5.41) is 0.833. The number of methoxy groups -OCH3 is 1. The molecule has 152 valence electrons. The summed E-state index contributed by atoms with van der Waals surface area (Å²) in [6, 6.07) is 14.1. The molecule has 2 heterocycles. The number of hydrogen-bond donors (Lipinski definition) is 1. The molecule has 0 aliphatic carbocycles. The van der Waals surface area contributed by atoms with E-state index in [0.717, 1.165) is 23.1 Å². The molecule has 0 saturated heterocycles. The Kier molecular flexibility index (Phi) is 6.05. The Hall–Kier alpha value is -2.46. The number of thioether (sulfide) groups is 1. The van der Waals surface area contributed by atoms with Gasteiger partial charge in [0, 0.05) is 10.6 Å². The van der Waals surface area contributed by atoms with Crippen LogP contribution in [0.4, 0.5) is 0 Å². The first kappa shape index (κ1) is 20.8. The maximum Gasteiger partial charge on any atom is 0.271 e. The number of carbonyl (C=O) groups excluding carboxylic acids is 1. The summed E-state index contributed by atoms with van der Waals surface area (Å²) in [5.41, 5.74) is 1.28. The average Bonchev–Trinajstić information content (AvgIpc) is 3.09. The molecule has 0 saturated carbocycles. The molecule has 2 aromatic heterocycles. The molecule has 4 aromatic rings. The number of nitrogens with zero attached hydrogens (tertiary/aromatic N) is 2. The minimum Gasteiger partial charge on any atom is -0.495 e. The lowest BCUT2D eigenvalue weighted by atomic mass is 10.2. The van der Waals surface area contributed by atoms with Crippen LogP contribution in [0.1, 0.15) is 10.4 Å². The Labute approximate surface area is 189 Å². The molecule has 0 spiro atoms. The van der Waals surface area contributed by atoms with Crippen molar-refractivity contribution in [3.63, 3.8) is 0 Å². The van der Waals surface area contributed by atoms with Crippen LogP contribution in [-0.4, -0.2) is 33.2 Å². The molecule has 6 nitrogen and oxygen atoms in total. The lowest BCUT2D eigenvalue weighted by molar-refractivity contribution is 0.102. The van der Waals surface area contributed by atoms with Crippen LogP contribution in [0, 0.1) is 3.95 Å². The summed E-state index contributed by atoms with van der Waals surface area (Å²) in [6.07, 6.45) is 0. The fraction of sp³-hybridized carbons (Fsp3) is 0.100. The van der Waals surface area contributed by atoms with Gasteiger partial charge in [-0.3, -0.25) is 14.2 Å². The van der Waals surface area contributed by atoms with Gasteiger partial charge in [0.05, 0.1) is 18.6 Å². The summed E-state index contributed by atoms with van der Waals surface area (Å²) in [7, 11) is 1.54. The Bertz CT molecular complexity index is 1360. The number of fused-ring (bicyclic) bond motifs is 1. The van der Waals surface area contributed by atoms with Crippen LogP contribution in [0.5, 0.6) is 5.75 Å². The summed E-state index contributed by atoms with van der Waals surface area (Å²) in [6.45, 7) is 0. The molecule has 0 unspecified atom stereocenters. The van der Waals surface area contributed by atoms with E-state index >= 15 is 0 Å². The number of aromatic amines is 1. The first-order chi connectivity index (χ1) is 14.5. The topological polar surface area (TPSA) is 77.0 Å². The number of hydrogen-bond acceptors (Lipinski definition) is 7. The standard InChI is InChI=1S/C20H14ClN3O3S3/c1-27-15-8-7-12(21)9-13(15)24-17-16(30-20(24)28)18(26)23-19(22-17)29-10-14(25)11-5-3-2-4-6-11/h2-9H,10H2,1H3,(H,22,23,26). The second kappa shape index (κ2) is 8.73. The number of ketones is 1. The van der Waals surface area contributed by atoms with E-state index in [9.17, 15) is 9.59 Å². The Balaban J connectivity index is 1.76. The lowest BCUT2D eigenvalue weighted by Crippen LogP contribution is -2.11. The van der Waals surface area contributed by atoms with Crippen LogP contribution in [0.2, 0.25) is 5.02 Å². The molecule has 0 aliphatic heterocycles. The highest BCUT2D eigenvalue weighted by atomic mass is 35.5. The van der Waals surface area contributed by atoms with Crippen molar-refractivity contribution in [1.82, 2.24) is 14.5 Å². The van der Waals surface area contributed by atoms with Crippen molar-refractivity contribution in [3.8, 4) is 11.4 Å². The van der Waals surface area contributed by atoms with Gasteiger partial charge in [0.15, 0.2) is 20.5 Å². The number of carbonyl (C=O) groups is 1. The number of halogens is 1. The summed E-state index contributed by atoms with van der Waals surface area (Å²) >= 11 is 14.0. The third kappa shape index (κ3) is 4.06. The molecule has 0 atom stereocenters. The van der Waals surface area contributed by atoms with Crippen LogP contribution in [-0.2, 0) is 0 Å². The predicted molar refractivity (Wildman–Crippen MR) is 123 cm³/mol. The van der Waals surface area contributed by atoms with E-state index in [2.05, 4.69) is 9.97 Å². The van der Waals surface area contributed by atoms with Crippen molar-refractivity contribution in [1.29, 1.82) is 0 Å². The third-order valence-corrected chi connectivity index (χ3v) is 6.71. The van der Waals surface area contributed by atoms with E-state index in [1.54, 1.807) is 42.0 Å². The zero-order chi connectivity index (χ0) is 21.3. The molecule has 0 amide bonds. The molecular formula is C20H14ClN3O3S3. The van der Waals surface area contributed by atoms with Gasteiger partial charge in [0.25, 0.3) is 5.56 Å². The number of rotatable bonds is 6. The van der Waals surface area contributed by atoms with Crippen molar-refractivity contribution in [2.75, 3.05) is 12.9 Å². The smallest absolute Gasteiger partial charge is 0.271 e. The molecule has 4 rings (SSSR count). The van der Waals surface area contributed by atoms with Gasteiger partial charge < -0.3 is 9.72 Å². The molecule has 2 aromatic carbocycles. The number of aromatic nitrogens is 3. The average molecular weight is 476 g/mol. The number of thiazole rings is 1. The maximum atomic E-state index is 12.6. The molecule has 0 radical (unpaired) electrons. The highest BCUT2D eigenvalue weighted by molar-refractivity contribution is 7.99. The molecule has 0 fully saturated rings. The van der Waals surface area contributed by atoms with Gasteiger partial charge in [-0.15, -0.1) is 0 Å². The van der Waals surface area contributed by atoms with E-state index in [4.69, 9.17) is 28.6 Å². The summed E-state index contributed by atoms with van der Waals surface area (Å²) in [5.74, 6) is 0.636. The third-order valence-electron chi connectivity index (χ3n) is 4.24. The minimum atomic E-state index is -0.314. The van der Waals surface area contributed by atoms with Crippen LogP contribution >= 0.6 is 46.9 Å². The normalized spacial score (nSPS) is 11.0. The number of nitrogens with one attached hydrogen (secondary N) is 1. The van der Waals surface area contributed by atoms with Crippen LogP contribution in [0.3, 0.4) is 0 Å². The molecule has 1 N–H and O–H groups in total. The monoisotopic (exact) mass is 475 g/mol. The highest BCUT2D eigenvalue weighted by Crippen LogP contribution is 2.32. The van der Waals surface area contributed by atoms with Crippen molar-refractivity contribution in [3.05, 3.63) is 73.4 Å².